The Morgan fingerprint density at radius 2 is 0.567 bits per heavy atom. The van der Waals surface area contributed by atoms with Gasteiger partial charge in [-0.15, -0.1) is 0 Å². The van der Waals surface area contributed by atoms with Crippen molar-refractivity contribution >= 4 is 90.7 Å². The van der Waals surface area contributed by atoms with Crippen molar-refractivity contribution in [3.05, 3.63) is 319 Å². The summed E-state index contributed by atoms with van der Waals surface area (Å²) in [6.45, 7) is 15.9. The van der Waals surface area contributed by atoms with Crippen LogP contribution in [-0.2, 0) is 48.6 Å². The summed E-state index contributed by atoms with van der Waals surface area (Å²) in [6, 6.07) is 54.0. The van der Waals surface area contributed by atoms with Crippen LogP contribution in [0.15, 0.2) is 262 Å². The normalized spacial score (nSPS) is 19.9. The molecule has 6 aliphatic rings. The van der Waals surface area contributed by atoms with Crippen molar-refractivity contribution in [1.82, 2.24) is 117 Å². The minimum Gasteiger partial charge on any atom is -0.492 e. The van der Waals surface area contributed by atoms with E-state index in [1.165, 1.54) is 49.2 Å². The highest BCUT2D eigenvalue weighted by molar-refractivity contribution is 5.81. The fraction of sp³-hybridized carbons (Fsp3) is 0.357. The minimum absolute atomic E-state index is 0.183. The molecule has 16 aromatic rings. The van der Waals surface area contributed by atoms with E-state index in [1.54, 1.807) is 102 Å². The maximum Gasteiger partial charge on any atom is 0.278 e. The number of aromatic nitrogens is 20. The van der Waals surface area contributed by atoms with E-state index in [9.17, 15) is 39.6 Å². The molecule has 2 saturated heterocycles. The Morgan fingerprint density at radius 1 is 0.327 bits per heavy atom. The summed E-state index contributed by atoms with van der Waals surface area (Å²) in [5, 5.41) is 58.7. The van der Waals surface area contributed by atoms with E-state index in [4.69, 9.17) is 49.3 Å². The van der Waals surface area contributed by atoms with Crippen molar-refractivity contribution in [3.8, 4) is 34.8 Å². The van der Waals surface area contributed by atoms with Gasteiger partial charge in [-0.05, 0) is 317 Å². The first-order chi connectivity index (χ1) is 72.4. The quantitative estimate of drug-likeness (QED) is 0.0370. The Balaban J connectivity index is 0.000000125. The lowest BCUT2D eigenvalue weighted by Gasteiger charge is -2.29. The summed E-state index contributed by atoms with van der Waals surface area (Å²) in [5.41, 5.74) is 4.94. The van der Waals surface area contributed by atoms with Gasteiger partial charge in [0.2, 0.25) is 23.8 Å². The molecule has 0 radical (unpaired) electrons. The number of hydrogen-bond acceptors (Lipinski definition) is 30. The van der Waals surface area contributed by atoms with Crippen LogP contribution in [0.2, 0.25) is 0 Å². The van der Waals surface area contributed by atoms with E-state index < -0.39 is 22.4 Å². The molecule has 4 aromatic carbocycles. The SMILES string of the molecule is CN(C)CCOc1ccc(Nc2ncc3c(=O)n4n(c3n2)-c2cccc(n2)[C@@](C)(O)CC/C=C\C4)cc1.CN(C)CCOc1ccc(Nc2ncc3c(=O)n4n(c3n2)-c2cccc(n2)[C@](C)(O)CC/C=C\C4)cc1.CN1CCC(c2ccc(Nc3ncc4c(=O)n5n(c4n3)-c3cccc(n3)[C@@](C)(O)CC/C=C\C5)cc2)CC1.CN1CCC(c2ccc(Nc3ncc4c(=O)n5n(c4n3)-c3cccc(n3)[C@](C)(O)CC/C=C\C5)cc2)CC1. The molecule has 0 saturated carbocycles. The van der Waals surface area contributed by atoms with Crippen LogP contribution in [0.25, 0.3) is 67.4 Å². The van der Waals surface area contributed by atoms with Gasteiger partial charge in [-0.25, -0.2) is 77.3 Å². The molecule has 150 heavy (non-hydrogen) atoms. The van der Waals surface area contributed by atoms with Crippen molar-refractivity contribution in [2.75, 3.05) is 116 Å². The lowest BCUT2D eigenvalue weighted by Crippen LogP contribution is -2.29. The Hall–Kier alpha value is -15.7. The number of fused-ring (bicyclic) bond motifs is 24. The van der Waals surface area contributed by atoms with Gasteiger partial charge in [0.05, 0.1) is 49.0 Å². The van der Waals surface area contributed by atoms with Crippen molar-refractivity contribution in [2.45, 2.75) is 165 Å². The zero-order chi connectivity index (χ0) is 105. The molecular weight excluding hydrogens is 1900 g/mol. The third-order valence-corrected chi connectivity index (χ3v) is 28.2. The molecule has 0 aliphatic carbocycles. The van der Waals surface area contributed by atoms with Crippen LogP contribution >= 0.6 is 0 Å². The van der Waals surface area contributed by atoms with Crippen molar-refractivity contribution in [3.63, 3.8) is 0 Å². The number of nitrogens with one attached hydrogen (secondary N) is 4. The van der Waals surface area contributed by atoms with Crippen LogP contribution in [0.4, 0.5) is 46.5 Å². The number of likely N-dealkylation sites (N-methyl/N-ethyl adjacent to an activating group) is 2. The second-order valence-electron chi connectivity index (χ2n) is 40.4. The number of piperidine rings is 2. The van der Waals surface area contributed by atoms with E-state index in [0.29, 0.717) is 217 Å². The van der Waals surface area contributed by atoms with Crippen LogP contribution in [0, 0.1) is 0 Å². The van der Waals surface area contributed by atoms with Crippen LogP contribution in [0.5, 0.6) is 11.5 Å². The van der Waals surface area contributed by atoms with E-state index in [-0.39, 0.29) is 22.2 Å². The second-order valence-corrected chi connectivity index (χ2v) is 40.4. The molecule has 776 valence electrons. The standard InChI is InChI=1S/2C29H33N7O2.2C27H31N7O3/c2*1-29(38)15-4-3-5-16-35-27(37)23-19-30-28(33-26(23)36(35)25-8-6-7-24(29)32-25)31-22-11-9-20(10-12-22)21-13-17-34(2)18-14-21;2*1-27(36)14-5-4-6-15-33-25(35)21-18-28-26(31-24(21)34(33)23-9-7-8-22(27)30-23)29-19-10-12-20(13-11-19)37-17-16-32(2)3/h2*3,5-12,19,21,38H,4,13-18H2,1-2H3,(H,30,31,33);2*4,6-13,18,36H,5,14-17H2,1-3H3,(H,28,29,31)/b2*5-3-;2*6-4-/t2*29-;2*27-/m1010/s1. The summed E-state index contributed by atoms with van der Waals surface area (Å²) < 4.78 is 24.8. The monoisotopic (exact) mass is 2030 g/mol. The van der Waals surface area contributed by atoms with Gasteiger partial charge in [0.15, 0.2) is 45.9 Å². The van der Waals surface area contributed by atoms with E-state index >= 15 is 0 Å². The van der Waals surface area contributed by atoms with Gasteiger partial charge in [0.25, 0.3) is 22.2 Å². The minimum atomic E-state index is -1.09. The zero-order valence-electron chi connectivity index (χ0n) is 86.2. The number of allylic oxidation sites excluding steroid dienone is 8. The largest absolute Gasteiger partial charge is 0.492 e. The van der Waals surface area contributed by atoms with Gasteiger partial charge in [-0.3, -0.25) is 19.2 Å². The fourth-order valence-corrected chi connectivity index (χ4v) is 19.3. The van der Waals surface area contributed by atoms with E-state index in [1.807, 2.05) is 174 Å². The molecule has 38 nitrogen and oxygen atoms in total. The Labute approximate surface area is 867 Å². The van der Waals surface area contributed by atoms with Crippen LogP contribution in [-0.4, -0.2) is 232 Å². The lowest BCUT2D eigenvalue weighted by molar-refractivity contribution is 0.0439. The third kappa shape index (κ3) is 23.4. The summed E-state index contributed by atoms with van der Waals surface area (Å²) >= 11 is 0. The summed E-state index contributed by atoms with van der Waals surface area (Å²) in [7, 11) is 12.4. The van der Waals surface area contributed by atoms with E-state index in [2.05, 4.69) is 123 Å². The number of ether oxygens (including phenoxy) is 2. The van der Waals surface area contributed by atoms with Gasteiger partial charge in [-0.2, -0.15) is 19.9 Å². The van der Waals surface area contributed by atoms with Gasteiger partial charge in [-0.1, -0.05) is 97.1 Å². The maximum absolute atomic E-state index is 13.4. The van der Waals surface area contributed by atoms with E-state index in [0.717, 1.165) is 73.5 Å². The second kappa shape index (κ2) is 44.8. The maximum atomic E-state index is 13.4. The first-order valence-corrected chi connectivity index (χ1v) is 51.2. The highest BCUT2D eigenvalue weighted by Crippen LogP contribution is 2.37. The highest BCUT2D eigenvalue weighted by atomic mass is 16.5. The third-order valence-electron chi connectivity index (χ3n) is 28.2. The first-order valence-electron chi connectivity index (χ1n) is 51.2. The predicted molar refractivity (Wildman–Crippen MR) is 581 cm³/mol. The first kappa shape index (κ1) is 103. The summed E-state index contributed by atoms with van der Waals surface area (Å²) in [6.07, 6.45) is 31.4. The lowest BCUT2D eigenvalue weighted by atomic mass is 9.89. The smallest absolute Gasteiger partial charge is 0.278 e. The molecule has 22 rings (SSSR count). The molecule has 38 heteroatoms. The van der Waals surface area contributed by atoms with Gasteiger partial charge >= 0.3 is 0 Å². The summed E-state index contributed by atoms with van der Waals surface area (Å²) in [5.74, 6) is 6.31. The molecule has 18 heterocycles. The Morgan fingerprint density at radius 3 is 0.807 bits per heavy atom. The Kier molecular flexibility index (Phi) is 30.7. The molecule has 0 spiro atoms. The van der Waals surface area contributed by atoms with Crippen molar-refractivity contribution in [2.24, 2.45) is 0 Å². The average Bonchev–Trinajstić information content (AvgIpc) is 1.61. The molecule has 8 bridgehead atoms. The molecule has 8 N–H and O–H groups in total. The van der Waals surface area contributed by atoms with Crippen LogP contribution < -0.4 is 53.0 Å². The van der Waals surface area contributed by atoms with Gasteiger partial charge in [0.1, 0.15) is 68.7 Å². The topological polar surface area (TPSA) is 423 Å². The van der Waals surface area contributed by atoms with Crippen molar-refractivity contribution < 1.29 is 29.9 Å². The summed E-state index contributed by atoms with van der Waals surface area (Å²) in [4.78, 5) is 118. The average molecular weight is 2030 g/mol. The van der Waals surface area contributed by atoms with Crippen molar-refractivity contribution in [1.29, 1.82) is 0 Å². The molecule has 6 aliphatic heterocycles. The predicted octanol–water partition coefficient (Wildman–Crippen LogP) is 14.6. The van der Waals surface area contributed by atoms with Gasteiger partial charge < -0.3 is 70.8 Å². The van der Waals surface area contributed by atoms with Crippen LogP contribution in [0.3, 0.4) is 0 Å². The number of hydrogen-bond donors (Lipinski definition) is 8. The fourth-order valence-electron chi connectivity index (χ4n) is 19.3. The number of anilines is 8. The molecule has 0 amide bonds. The highest BCUT2D eigenvalue weighted by Gasteiger charge is 2.34. The molecule has 12 aromatic heterocycles. The molecule has 2 fully saturated rings. The Bertz CT molecular complexity index is 7450. The molecular formula is C112H128N28O10. The molecule has 4 atom stereocenters. The molecule has 0 unspecified atom stereocenters. The number of rotatable bonds is 18. The number of likely N-dealkylation sites (tertiary alicyclic amines) is 2. The number of benzene rings is 4. The number of aliphatic hydroxyl groups is 4. The van der Waals surface area contributed by atoms with Gasteiger partial charge in [0, 0.05) is 60.6 Å². The number of nitrogens with zero attached hydrogens (tertiary/aromatic N) is 24. The number of pyridine rings is 4. The van der Waals surface area contributed by atoms with Crippen LogP contribution in [0.1, 0.15) is 150 Å². The zero-order valence-corrected chi connectivity index (χ0v) is 86.2.